The summed E-state index contributed by atoms with van der Waals surface area (Å²) in [4.78, 5) is 8.55. The van der Waals surface area contributed by atoms with Crippen molar-refractivity contribution >= 4 is 45.4 Å². The average Bonchev–Trinajstić information content (AvgIpc) is 3.12. The Bertz CT molecular complexity index is 1240. The highest BCUT2D eigenvalue weighted by molar-refractivity contribution is 7.92. The number of nitrogens with zero attached hydrogens (tertiary/aromatic N) is 4. The summed E-state index contributed by atoms with van der Waals surface area (Å²) < 4.78 is 29.3. The molecule has 2 aromatic heterocycles. The lowest BCUT2D eigenvalue weighted by Gasteiger charge is -2.11. The summed E-state index contributed by atoms with van der Waals surface area (Å²) in [5.41, 5.74) is 3.10. The molecule has 0 unspecified atom stereocenters. The van der Waals surface area contributed by atoms with E-state index in [4.69, 9.17) is 0 Å². The van der Waals surface area contributed by atoms with Crippen LogP contribution in [0.1, 0.15) is 11.3 Å². The highest BCUT2D eigenvalue weighted by atomic mass is 35.5. The van der Waals surface area contributed by atoms with Crippen molar-refractivity contribution in [3.63, 3.8) is 0 Å². The fourth-order valence-electron chi connectivity index (χ4n) is 2.72. The topological polar surface area (TPSA) is 101 Å². The van der Waals surface area contributed by atoms with Gasteiger partial charge in [0.2, 0.25) is 0 Å². The Kier molecular flexibility index (Phi) is 5.71. The van der Waals surface area contributed by atoms with Crippen LogP contribution in [-0.4, -0.2) is 28.0 Å². The van der Waals surface area contributed by atoms with Crippen molar-refractivity contribution in [2.45, 2.75) is 18.7 Å². The molecule has 0 aliphatic rings. The van der Waals surface area contributed by atoms with Gasteiger partial charge in [-0.25, -0.2) is 13.4 Å². The number of aromatic nitrogens is 4. The first-order chi connectivity index (χ1) is 13.4. The Morgan fingerprint density at radius 3 is 2.28 bits per heavy atom. The molecule has 0 spiro atoms. The maximum absolute atomic E-state index is 12.6. The molecule has 0 radical (unpaired) electrons. The number of aryl methyl sites for hydroxylation is 2. The van der Waals surface area contributed by atoms with E-state index in [-0.39, 0.29) is 17.3 Å². The van der Waals surface area contributed by atoms with Crippen molar-refractivity contribution in [1.29, 1.82) is 0 Å². The summed E-state index contributed by atoms with van der Waals surface area (Å²) in [5.74, 6) is 1.18. The second-order valence-corrected chi connectivity index (χ2v) is 8.06. The van der Waals surface area contributed by atoms with Crippen LogP contribution in [0.4, 0.5) is 17.2 Å². The van der Waals surface area contributed by atoms with E-state index in [1.807, 2.05) is 32.0 Å². The number of rotatable bonds is 5. The molecule has 2 N–H and O–H groups in total. The van der Waals surface area contributed by atoms with Crippen molar-refractivity contribution in [2.75, 3.05) is 10.0 Å². The molecule has 0 bridgehead atoms. The smallest absolute Gasteiger partial charge is 0.261 e. The normalized spacial score (nSPS) is 11.1. The zero-order valence-electron chi connectivity index (χ0n) is 15.7. The molecular weight excluding hydrogens is 412 g/mol. The first-order valence-corrected chi connectivity index (χ1v) is 10.0. The molecule has 4 rings (SSSR count). The molecule has 4 aromatic rings. The van der Waals surface area contributed by atoms with Gasteiger partial charge < -0.3 is 5.32 Å². The second kappa shape index (κ2) is 8.06. The first kappa shape index (κ1) is 20.6. The number of halogens is 1. The summed E-state index contributed by atoms with van der Waals surface area (Å²) in [7, 11) is -3.66. The van der Waals surface area contributed by atoms with Crippen LogP contribution in [0, 0.1) is 13.8 Å². The molecule has 2 aromatic carbocycles. The Hall–Kier alpha value is -3.17. The van der Waals surface area contributed by atoms with Gasteiger partial charge in [0.15, 0.2) is 0 Å². The second-order valence-electron chi connectivity index (χ2n) is 6.38. The highest BCUT2D eigenvalue weighted by Gasteiger charge is 2.14. The summed E-state index contributed by atoms with van der Waals surface area (Å²) in [5, 5.41) is 7.35. The molecule has 0 amide bonds. The fraction of sp³-hybridized carbons (Fsp3) is 0.105. The van der Waals surface area contributed by atoms with Gasteiger partial charge in [-0.15, -0.1) is 12.4 Å². The number of nitrogens with one attached hydrogen (secondary N) is 2. The molecule has 0 saturated carbocycles. The van der Waals surface area contributed by atoms with Gasteiger partial charge in [0.1, 0.15) is 12.1 Å². The van der Waals surface area contributed by atoms with Gasteiger partial charge in [0.25, 0.3) is 15.8 Å². The van der Waals surface area contributed by atoms with Crippen LogP contribution in [0.2, 0.25) is 0 Å². The first-order valence-electron chi connectivity index (χ1n) is 8.55. The van der Waals surface area contributed by atoms with Crippen LogP contribution in [0.3, 0.4) is 0 Å². The summed E-state index contributed by atoms with van der Waals surface area (Å²) in [6.07, 6.45) is 1.43. The molecular formula is C19H19ClN6O2S. The van der Waals surface area contributed by atoms with Crippen LogP contribution in [0.15, 0.2) is 65.8 Å². The van der Waals surface area contributed by atoms with Gasteiger partial charge in [0, 0.05) is 23.1 Å². The molecule has 29 heavy (non-hydrogen) atoms. The monoisotopic (exact) mass is 430 g/mol. The molecule has 0 atom stereocenters. The lowest BCUT2D eigenvalue weighted by atomic mass is 10.2. The van der Waals surface area contributed by atoms with Crippen molar-refractivity contribution in [3.8, 4) is 0 Å². The average molecular weight is 431 g/mol. The minimum absolute atomic E-state index is 0. The number of fused-ring (bicyclic) bond motifs is 1. The van der Waals surface area contributed by atoms with Crippen LogP contribution >= 0.6 is 12.4 Å². The summed E-state index contributed by atoms with van der Waals surface area (Å²) in [6.45, 7) is 3.81. The Morgan fingerprint density at radius 2 is 1.59 bits per heavy atom. The third kappa shape index (κ3) is 4.47. The molecule has 0 aliphatic carbocycles. The number of hydrogen-bond donors (Lipinski definition) is 2. The lowest BCUT2D eigenvalue weighted by molar-refractivity contribution is 0.601. The van der Waals surface area contributed by atoms with Crippen molar-refractivity contribution in [1.82, 2.24) is 19.6 Å². The maximum Gasteiger partial charge on any atom is 0.261 e. The van der Waals surface area contributed by atoms with E-state index in [0.29, 0.717) is 17.3 Å². The fourth-order valence-corrected chi connectivity index (χ4v) is 3.78. The number of benzene rings is 2. The summed E-state index contributed by atoms with van der Waals surface area (Å²) >= 11 is 0. The molecule has 10 heteroatoms. The summed E-state index contributed by atoms with van der Waals surface area (Å²) in [6, 6.07) is 15.5. The van der Waals surface area contributed by atoms with Crippen LogP contribution < -0.4 is 10.0 Å². The molecule has 8 nitrogen and oxygen atoms in total. The minimum Gasteiger partial charge on any atom is -0.340 e. The zero-order valence-corrected chi connectivity index (χ0v) is 17.3. The Morgan fingerprint density at radius 1 is 0.931 bits per heavy atom. The zero-order chi connectivity index (χ0) is 19.7. The third-order valence-electron chi connectivity index (χ3n) is 4.12. The predicted octanol–water partition coefficient (Wildman–Crippen LogP) is 3.71. The van der Waals surface area contributed by atoms with Gasteiger partial charge in [-0.3, -0.25) is 4.72 Å². The van der Waals surface area contributed by atoms with Crippen molar-refractivity contribution in [2.24, 2.45) is 0 Å². The van der Waals surface area contributed by atoms with Gasteiger partial charge in [-0.2, -0.15) is 14.6 Å². The largest absolute Gasteiger partial charge is 0.340 e. The number of anilines is 3. The van der Waals surface area contributed by atoms with Crippen molar-refractivity contribution < 1.29 is 8.42 Å². The van der Waals surface area contributed by atoms with Crippen LogP contribution in [-0.2, 0) is 10.0 Å². The molecule has 150 valence electrons. The van der Waals surface area contributed by atoms with E-state index in [0.717, 1.165) is 16.9 Å². The van der Waals surface area contributed by atoms with E-state index in [1.54, 1.807) is 40.9 Å². The third-order valence-corrected chi connectivity index (χ3v) is 5.52. The highest BCUT2D eigenvalue weighted by Crippen LogP contribution is 2.21. The van der Waals surface area contributed by atoms with Gasteiger partial charge >= 0.3 is 0 Å². The Labute approximate surface area is 174 Å². The standard InChI is InChI=1S/C19H18N6O2S.ClH/c1-13-3-5-16(6-4-13)24-28(26,27)17-9-7-15(8-10-17)23-18-11-14(2)22-19-20-12-21-25(18)19;/h3-12,23-24H,1-2H3;1H. The minimum atomic E-state index is -3.66. The van der Waals surface area contributed by atoms with Crippen LogP contribution in [0.5, 0.6) is 0 Å². The lowest BCUT2D eigenvalue weighted by Crippen LogP contribution is -2.12. The Balaban J connectivity index is 0.00000240. The predicted molar refractivity (Wildman–Crippen MR) is 114 cm³/mol. The molecule has 0 saturated heterocycles. The quantitative estimate of drug-likeness (QED) is 0.500. The molecule has 2 heterocycles. The van der Waals surface area contributed by atoms with Gasteiger partial charge in [-0.05, 0) is 50.2 Å². The van der Waals surface area contributed by atoms with E-state index >= 15 is 0 Å². The molecule has 0 fully saturated rings. The van der Waals surface area contributed by atoms with Crippen molar-refractivity contribution in [3.05, 3.63) is 72.2 Å². The number of hydrogen-bond acceptors (Lipinski definition) is 6. The van der Waals surface area contributed by atoms with E-state index in [1.165, 1.54) is 6.33 Å². The van der Waals surface area contributed by atoms with Crippen LogP contribution in [0.25, 0.3) is 5.78 Å². The maximum atomic E-state index is 12.6. The SMILES string of the molecule is Cc1ccc(NS(=O)(=O)c2ccc(Nc3cc(C)nc4ncnn34)cc2)cc1.Cl. The molecule has 0 aliphatic heterocycles. The van der Waals surface area contributed by atoms with E-state index in [2.05, 4.69) is 25.1 Å². The van der Waals surface area contributed by atoms with Gasteiger partial charge in [-0.1, -0.05) is 17.7 Å². The number of sulfonamides is 1. The van der Waals surface area contributed by atoms with E-state index < -0.39 is 10.0 Å². The van der Waals surface area contributed by atoms with Gasteiger partial charge in [0.05, 0.1) is 4.90 Å². The van der Waals surface area contributed by atoms with E-state index in [9.17, 15) is 8.42 Å².